The van der Waals surface area contributed by atoms with Gasteiger partial charge in [0.2, 0.25) is 0 Å². The summed E-state index contributed by atoms with van der Waals surface area (Å²) in [5.74, 6) is 1.47. The first-order valence-electron chi connectivity index (χ1n) is 20.3. The third-order valence-corrected chi connectivity index (χ3v) is 9.51. The highest BCUT2D eigenvalue weighted by atomic mass is 16.6. The molecule has 57 heavy (non-hydrogen) atoms. The van der Waals surface area contributed by atoms with Crippen molar-refractivity contribution in [2.24, 2.45) is 0 Å². The summed E-state index contributed by atoms with van der Waals surface area (Å²) in [6.45, 7) is 11.4. The maximum absolute atomic E-state index is 11.1. The molecule has 0 amide bonds. The molecular formula is C41H65N7O9. The number of likely N-dealkylation sites (N-methyl/N-ethyl adjacent to an activating group) is 1. The summed E-state index contributed by atoms with van der Waals surface area (Å²) < 4.78 is 40.0. The number of aliphatic hydroxyl groups is 1. The first-order valence-corrected chi connectivity index (χ1v) is 20.3. The topological polar surface area (TPSA) is 164 Å². The zero-order chi connectivity index (χ0) is 40.3. The molecular weight excluding hydrogens is 734 g/mol. The fourth-order valence-corrected chi connectivity index (χ4v) is 6.26. The average Bonchev–Trinajstić information content (AvgIpc) is 3.66. The van der Waals surface area contributed by atoms with Gasteiger partial charge in [0.05, 0.1) is 92.6 Å². The number of ether oxygens (including phenoxy) is 7. The largest absolute Gasteiger partial charge is 0.466 e. The zero-order valence-electron chi connectivity index (χ0n) is 34.3. The van der Waals surface area contributed by atoms with Crippen LogP contribution in [-0.2, 0) is 57.3 Å². The first kappa shape index (κ1) is 46.0. The molecule has 1 aliphatic heterocycles. The Kier molecular flexibility index (Phi) is 22.4. The van der Waals surface area contributed by atoms with E-state index in [0.717, 1.165) is 79.3 Å². The second-order valence-electron chi connectivity index (χ2n) is 13.7. The second-order valence-corrected chi connectivity index (χ2v) is 13.7. The van der Waals surface area contributed by atoms with E-state index in [1.54, 1.807) is 6.08 Å². The van der Waals surface area contributed by atoms with Gasteiger partial charge in [0.1, 0.15) is 11.6 Å². The number of hydrogen-bond acceptors (Lipinski definition) is 15. The maximum Gasteiger partial charge on any atom is 0.330 e. The van der Waals surface area contributed by atoms with Gasteiger partial charge in [0.25, 0.3) is 0 Å². The van der Waals surface area contributed by atoms with Crippen LogP contribution in [0.25, 0.3) is 5.65 Å². The summed E-state index contributed by atoms with van der Waals surface area (Å²) in [7, 11) is 3.32. The van der Waals surface area contributed by atoms with Crippen LogP contribution in [0.15, 0.2) is 42.7 Å². The molecule has 0 radical (unpaired) electrons. The average molecular weight is 800 g/mol. The van der Waals surface area contributed by atoms with E-state index in [1.807, 2.05) is 34.9 Å². The number of pyridine rings is 1. The van der Waals surface area contributed by atoms with Crippen molar-refractivity contribution >= 4 is 23.3 Å². The van der Waals surface area contributed by atoms with E-state index >= 15 is 0 Å². The molecule has 0 saturated carbocycles. The van der Waals surface area contributed by atoms with Gasteiger partial charge in [-0.05, 0) is 50.8 Å². The van der Waals surface area contributed by atoms with Gasteiger partial charge in [0.15, 0.2) is 5.65 Å². The normalized spacial score (nSPS) is 14.7. The van der Waals surface area contributed by atoms with Gasteiger partial charge in [-0.2, -0.15) is 9.61 Å². The molecule has 1 atom stereocenters. The number of aryl methyl sites for hydroxylation is 1. The highest BCUT2D eigenvalue weighted by molar-refractivity contribution is 5.81. The number of carbonyl (C=O) groups is 1. The minimum absolute atomic E-state index is 0.180. The molecule has 0 unspecified atom stereocenters. The van der Waals surface area contributed by atoms with E-state index in [4.69, 9.17) is 33.4 Å². The van der Waals surface area contributed by atoms with Crippen molar-refractivity contribution in [3.8, 4) is 0 Å². The van der Waals surface area contributed by atoms with Crippen LogP contribution < -0.4 is 10.2 Å². The number of piperidine rings is 1. The summed E-state index contributed by atoms with van der Waals surface area (Å²) in [6, 6.07) is 6.52. The zero-order valence-corrected chi connectivity index (χ0v) is 34.3. The molecule has 1 aliphatic rings. The third-order valence-electron chi connectivity index (χ3n) is 9.51. The number of fused-ring (bicyclic) bond motifs is 1. The number of methoxy groups -OCH3 is 1. The molecule has 3 aromatic heterocycles. The van der Waals surface area contributed by atoms with Crippen molar-refractivity contribution < 1.29 is 43.1 Å². The molecule has 318 valence electrons. The Balaban J connectivity index is 0.975. The lowest BCUT2D eigenvalue weighted by atomic mass is 9.99. The maximum atomic E-state index is 11.1. The lowest BCUT2D eigenvalue weighted by Gasteiger charge is -2.36. The molecule has 1 saturated heterocycles. The summed E-state index contributed by atoms with van der Waals surface area (Å²) in [5, 5.41) is 17.9. The fraction of sp³-hybridized carbons (Fsp3) is 0.659. The van der Waals surface area contributed by atoms with Gasteiger partial charge in [-0.3, -0.25) is 4.98 Å². The summed E-state index contributed by atoms with van der Waals surface area (Å²) in [6.07, 6.45) is 12.7. The molecule has 1 fully saturated rings. The van der Waals surface area contributed by atoms with Gasteiger partial charge in [-0.1, -0.05) is 19.1 Å². The minimum Gasteiger partial charge on any atom is -0.466 e. The van der Waals surface area contributed by atoms with Crippen LogP contribution in [0.3, 0.4) is 0 Å². The van der Waals surface area contributed by atoms with E-state index in [0.29, 0.717) is 98.4 Å². The number of aliphatic hydroxyl groups excluding tert-OH is 1. The molecule has 16 heteroatoms. The summed E-state index contributed by atoms with van der Waals surface area (Å²) in [4.78, 5) is 25.2. The van der Waals surface area contributed by atoms with E-state index in [1.165, 1.54) is 19.6 Å². The van der Waals surface area contributed by atoms with Gasteiger partial charge >= 0.3 is 5.97 Å². The van der Waals surface area contributed by atoms with E-state index in [2.05, 4.69) is 44.1 Å². The molecule has 4 heterocycles. The lowest BCUT2D eigenvalue weighted by Crippen LogP contribution is -2.40. The molecule has 4 rings (SSSR count). The summed E-state index contributed by atoms with van der Waals surface area (Å²) >= 11 is 0. The van der Waals surface area contributed by atoms with Crippen LogP contribution >= 0.6 is 0 Å². The fourth-order valence-electron chi connectivity index (χ4n) is 6.26. The SMILES string of the molecule is CCc1cnn2c(NCc3ccc(CCOCCOCCOCCOCCOCCOCCN(C)C/C=C/C(=O)OC)nc3)cc(N3CCCC[C@H]3CCO)nc12. The monoisotopic (exact) mass is 799 g/mol. The van der Waals surface area contributed by atoms with Gasteiger partial charge < -0.3 is 53.4 Å². The minimum atomic E-state index is -0.354. The third kappa shape index (κ3) is 17.3. The van der Waals surface area contributed by atoms with E-state index < -0.39 is 0 Å². The van der Waals surface area contributed by atoms with Gasteiger partial charge in [-0.25, -0.2) is 9.78 Å². The van der Waals surface area contributed by atoms with Crippen molar-refractivity contribution in [3.05, 3.63) is 59.6 Å². The predicted octanol–water partition coefficient (Wildman–Crippen LogP) is 3.34. The number of carbonyl (C=O) groups excluding carboxylic acids is 1. The molecule has 0 aromatic carbocycles. The number of rotatable bonds is 31. The number of anilines is 2. The van der Waals surface area contributed by atoms with Gasteiger partial charge in [-0.15, -0.1) is 0 Å². The van der Waals surface area contributed by atoms with Crippen molar-refractivity contribution in [2.45, 2.75) is 58.0 Å². The van der Waals surface area contributed by atoms with Crippen molar-refractivity contribution in [1.82, 2.24) is 24.5 Å². The van der Waals surface area contributed by atoms with Crippen molar-refractivity contribution in [1.29, 1.82) is 0 Å². The highest BCUT2D eigenvalue weighted by Crippen LogP contribution is 2.29. The Bertz CT molecular complexity index is 1560. The molecule has 0 aliphatic carbocycles. The molecule has 16 nitrogen and oxygen atoms in total. The van der Waals surface area contributed by atoms with Crippen LogP contribution in [0.1, 0.15) is 49.4 Å². The van der Waals surface area contributed by atoms with E-state index in [9.17, 15) is 9.90 Å². The Morgan fingerprint density at radius 3 is 2.21 bits per heavy atom. The Morgan fingerprint density at radius 2 is 1.60 bits per heavy atom. The van der Waals surface area contributed by atoms with Crippen LogP contribution in [-0.4, -0.2) is 161 Å². The summed E-state index contributed by atoms with van der Waals surface area (Å²) in [5.41, 5.74) is 4.03. The predicted molar refractivity (Wildman–Crippen MR) is 218 cm³/mol. The van der Waals surface area contributed by atoms with Crippen LogP contribution in [0, 0.1) is 0 Å². The Labute approximate surface area is 337 Å². The second kappa shape index (κ2) is 27.8. The number of hydrogen-bond donors (Lipinski definition) is 2. The van der Waals surface area contributed by atoms with Crippen molar-refractivity contribution in [3.63, 3.8) is 0 Å². The lowest BCUT2D eigenvalue weighted by molar-refractivity contribution is -0.134. The molecule has 0 bridgehead atoms. The number of nitrogens with zero attached hydrogens (tertiary/aromatic N) is 6. The Morgan fingerprint density at radius 1 is 0.930 bits per heavy atom. The molecule has 0 spiro atoms. The molecule has 2 N–H and O–H groups in total. The molecule has 3 aromatic rings. The number of esters is 1. The number of aromatic nitrogens is 4. The Hall–Kier alpha value is -3.74. The highest BCUT2D eigenvalue weighted by Gasteiger charge is 2.25. The quantitative estimate of drug-likeness (QED) is 0.0553. The number of nitrogens with one attached hydrogen (secondary N) is 1. The first-order chi connectivity index (χ1) is 28.0. The smallest absolute Gasteiger partial charge is 0.330 e. The standard InChI is InChI=1S/C41H65N7O9/c1-4-35-33-44-48-38(30-39(45-41(35)48)47-15-6-5-8-37(47)12-17-49)43-32-34-10-11-36(42-31-34)13-18-52-20-22-54-24-26-56-28-29-57-27-25-55-23-21-53-19-16-46(2)14-7-9-40(50)51-3/h7,9-11,30-31,33,37,43,49H,4-6,8,12-29,32H2,1-3H3/b9-7+/t37-/m0/s1. The van der Waals surface area contributed by atoms with Gasteiger partial charge in [0, 0.05) is 74.8 Å². The van der Waals surface area contributed by atoms with Crippen molar-refractivity contribution in [2.75, 3.05) is 130 Å². The van der Waals surface area contributed by atoms with Crippen LogP contribution in [0.4, 0.5) is 11.6 Å². The van der Waals surface area contributed by atoms with E-state index in [-0.39, 0.29) is 12.6 Å². The van der Waals surface area contributed by atoms with Crippen LogP contribution in [0.2, 0.25) is 0 Å². The van der Waals surface area contributed by atoms with Crippen LogP contribution in [0.5, 0.6) is 0 Å².